The van der Waals surface area contributed by atoms with Crippen molar-refractivity contribution in [2.75, 3.05) is 0 Å². The number of aliphatic hydroxyl groups is 1. The van der Waals surface area contributed by atoms with Gasteiger partial charge in [0.2, 0.25) is 5.88 Å². The fraction of sp³-hybridized carbons (Fsp3) is 0.222. The van der Waals surface area contributed by atoms with Gasteiger partial charge in [0.05, 0.1) is 17.9 Å². The van der Waals surface area contributed by atoms with Crippen molar-refractivity contribution >= 4 is 23.4 Å². The second-order valence-corrected chi connectivity index (χ2v) is 9.88. The Labute approximate surface area is 208 Å². The third kappa shape index (κ3) is 4.41. The Bertz CT molecular complexity index is 1410. The number of rotatable bonds is 5. The Hall–Kier alpha value is -2.93. The van der Waals surface area contributed by atoms with Crippen molar-refractivity contribution in [2.45, 2.75) is 44.6 Å². The molecular formula is C27H24ClN3O2S. The minimum absolute atomic E-state index is 0.0965. The van der Waals surface area contributed by atoms with Crippen molar-refractivity contribution in [2.24, 2.45) is 0 Å². The van der Waals surface area contributed by atoms with Crippen molar-refractivity contribution in [1.29, 1.82) is 0 Å². The second kappa shape index (κ2) is 9.37. The summed E-state index contributed by atoms with van der Waals surface area (Å²) in [6.07, 6.45) is 2.29. The number of ether oxygens (including phenoxy) is 1. The molecule has 0 unspecified atom stereocenters. The molecule has 0 radical (unpaired) electrons. The lowest BCUT2D eigenvalue weighted by Gasteiger charge is -2.24. The van der Waals surface area contributed by atoms with Gasteiger partial charge in [0.15, 0.2) is 11.6 Å². The van der Waals surface area contributed by atoms with E-state index in [2.05, 4.69) is 37.0 Å². The monoisotopic (exact) mass is 489 g/mol. The zero-order valence-electron chi connectivity index (χ0n) is 19.2. The average molecular weight is 490 g/mol. The molecule has 3 heterocycles. The lowest BCUT2D eigenvalue weighted by atomic mass is 9.99. The number of benzene rings is 2. The van der Waals surface area contributed by atoms with Gasteiger partial charge in [-0.3, -0.25) is 4.98 Å². The van der Waals surface area contributed by atoms with Crippen molar-refractivity contribution in [3.63, 3.8) is 0 Å². The summed E-state index contributed by atoms with van der Waals surface area (Å²) in [5.41, 5.74) is 7.98. The van der Waals surface area contributed by atoms with E-state index in [0.717, 1.165) is 38.7 Å². The van der Waals surface area contributed by atoms with Crippen LogP contribution in [-0.4, -0.2) is 20.1 Å². The van der Waals surface area contributed by atoms with Crippen LogP contribution in [0.3, 0.4) is 0 Å². The standard InChI is InChI=1S/C27H24ClN3O2S/c1-15-7-8-16(2)19(9-15)14-34-27-23-11-22-20(13-32)12-29-17(3)24(22)33-26(23)30-25(31-27)18-5-4-6-21(28)10-18/h4-10,12,32H,11,13-14H2,1-3H3. The first-order valence-electron chi connectivity index (χ1n) is 11.0. The number of aliphatic hydroxyl groups excluding tert-OH is 1. The first-order chi connectivity index (χ1) is 16.4. The Morgan fingerprint density at radius 1 is 1.03 bits per heavy atom. The third-order valence-corrected chi connectivity index (χ3v) is 7.31. The van der Waals surface area contributed by atoms with E-state index in [1.165, 1.54) is 16.7 Å². The molecule has 5 rings (SSSR count). The highest BCUT2D eigenvalue weighted by molar-refractivity contribution is 7.98. The molecule has 1 aliphatic heterocycles. The Balaban J connectivity index is 1.61. The average Bonchev–Trinajstić information content (AvgIpc) is 2.83. The maximum absolute atomic E-state index is 9.88. The molecule has 2 aromatic carbocycles. The summed E-state index contributed by atoms with van der Waals surface area (Å²) in [6.45, 7) is 6.04. The molecule has 0 fully saturated rings. The molecule has 172 valence electrons. The van der Waals surface area contributed by atoms with Gasteiger partial charge in [-0.1, -0.05) is 47.5 Å². The lowest BCUT2D eigenvalue weighted by molar-refractivity contribution is 0.278. The minimum atomic E-state index is -0.0965. The van der Waals surface area contributed by atoms with Crippen LogP contribution in [0.4, 0.5) is 0 Å². The number of halogens is 1. The summed E-state index contributed by atoms with van der Waals surface area (Å²) in [7, 11) is 0. The molecule has 0 bridgehead atoms. The van der Waals surface area contributed by atoms with E-state index >= 15 is 0 Å². The highest BCUT2D eigenvalue weighted by atomic mass is 35.5. The molecule has 0 atom stereocenters. The fourth-order valence-electron chi connectivity index (χ4n) is 4.07. The Morgan fingerprint density at radius 2 is 1.88 bits per heavy atom. The number of aromatic nitrogens is 3. The van der Waals surface area contributed by atoms with E-state index in [0.29, 0.717) is 28.9 Å². The molecule has 0 aliphatic carbocycles. The van der Waals surface area contributed by atoms with Gasteiger partial charge >= 0.3 is 0 Å². The molecule has 0 saturated carbocycles. The quantitative estimate of drug-likeness (QED) is 0.221. The van der Waals surface area contributed by atoms with Crippen molar-refractivity contribution in [1.82, 2.24) is 15.0 Å². The van der Waals surface area contributed by atoms with Gasteiger partial charge in [-0.05, 0) is 44.0 Å². The van der Waals surface area contributed by atoms with E-state index in [9.17, 15) is 5.11 Å². The maximum Gasteiger partial charge on any atom is 0.227 e. The fourth-order valence-corrected chi connectivity index (χ4v) is 5.35. The number of aryl methyl sites for hydroxylation is 3. The number of thioether (sulfide) groups is 1. The van der Waals surface area contributed by atoms with E-state index in [1.54, 1.807) is 18.0 Å². The van der Waals surface area contributed by atoms with Crippen LogP contribution in [-0.2, 0) is 18.8 Å². The van der Waals surface area contributed by atoms with Crippen LogP contribution in [0.15, 0.2) is 53.7 Å². The van der Waals surface area contributed by atoms with E-state index in [1.807, 2.05) is 31.2 Å². The molecule has 5 nitrogen and oxygen atoms in total. The number of pyridine rings is 1. The van der Waals surface area contributed by atoms with Crippen LogP contribution in [0.2, 0.25) is 5.02 Å². The summed E-state index contributed by atoms with van der Waals surface area (Å²) in [5, 5.41) is 11.4. The molecule has 1 N–H and O–H groups in total. The van der Waals surface area contributed by atoms with Gasteiger partial charge in [0, 0.05) is 40.1 Å². The molecule has 4 aromatic rings. The normalized spacial score (nSPS) is 12.1. The summed E-state index contributed by atoms with van der Waals surface area (Å²) >= 11 is 7.92. The largest absolute Gasteiger partial charge is 0.436 e. The number of nitrogens with zero attached hydrogens (tertiary/aromatic N) is 3. The van der Waals surface area contributed by atoms with Gasteiger partial charge in [-0.15, -0.1) is 11.8 Å². The van der Waals surface area contributed by atoms with Crippen LogP contribution in [0.5, 0.6) is 11.6 Å². The molecule has 7 heteroatoms. The lowest BCUT2D eigenvalue weighted by Crippen LogP contribution is -2.13. The molecule has 1 aliphatic rings. The van der Waals surface area contributed by atoms with Crippen molar-refractivity contribution < 1.29 is 9.84 Å². The topological polar surface area (TPSA) is 68.1 Å². The van der Waals surface area contributed by atoms with Crippen LogP contribution < -0.4 is 4.74 Å². The number of hydrogen-bond donors (Lipinski definition) is 1. The Morgan fingerprint density at radius 3 is 2.68 bits per heavy atom. The zero-order valence-corrected chi connectivity index (χ0v) is 20.8. The molecule has 0 amide bonds. The minimum Gasteiger partial charge on any atom is -0.436 e. The SMILES string of the molecule is Cc1ccc(C)c(CSc2nc(-c3cccc(Cl)c3)nc3c2Cc2c(CO)cnc(C)c2O3)c1. The van der Waals surface area contributed by atoms with E-state index < -0.39 is 0 Å². The van der Waals surface area contributed by atoms with E-state index in [-0.39, 0.29) is 6.61 Å². The Kier molecular flexibility index (Phi) is 6.30. The van der Waals surface area contributed by atoms with Crippen LogP contribution in [0, 0.1) is 20.8 Å². The van der Waals surface area contributed by atoms with Crippen LogP contribution in [0.25, 0.3) is 11.4 Å². The summed E-state index contributed by atoms with van der Waals surface area (Å²) < 4.78 is 6.31. The van der Waals surface area contributed by atoms with Gasteiger partial charge in [-0.2, -0.15) is 4.98 Å². The van der Waals surface area contributed by atoms with Gasteiger partial charge in [0.1, 0.15) is 5.03 Å². The second-order valence-electron chi connectivity index (χ2n) is 8.48. The molecule has 0 saturated heterocycles. The first kappa shape index (κ1) is 22.8. The first-order valence-corrected chi connectivity index (χ1v) is 12.4. The maximum atomic E-state index is 9.88. The van der Waals surface area contributed by atoms with Gasteiger partial charge in [-0.25, -0.2) is 4.98 Å². The summed E-state index contributed by atoms with van der Waals surface area (Å²) in [5.74, 6) is 2.54. The summed E-state index contributed by atoms with van der Waals surface area (Å²) in [4.78, 5) is 14.1. The van der Waals surface area contributed by atoms with Crippen molar-refractivity contribution in [3.8, 4) is 23.0 Å². The van der Waals surface area contributed by atoms with Gasteiger partial charge < -0.3 is 9.84 Å². The number of fused-ring (bicyclic) bond motifs is 2. The molecule has 2 aromatic heterocycles. The van der Waals surface area contributed by atoms with Gasteiger partial charge in [0.25, 0.3) is 0 Å². The predicted octanol–water partition coefficient (Wildman–Crippen LogP) is 6.60. The number of hydrogen-bond acceptors (Lipinski definition) is 6. The molecule has 0 spiro atoms. The molecular weight excluding hydrogens is 466 g/mol. The van der Waals surface area contributed by atoms with Crippen LogP contribution in [0.1, 0.15) is 39.1 Å². The van der Waals surface area contributed by atoms with E-state index in [4.69, 9.17) is 26.3 Å². The third-order valence-electron chi connectivity index (χ3n) is 6.01. The predicted molar refractivity (Wildman–Crippen MR) is 136 cm³/mol. The molecule has 34 heavy (non-hydrogen) atoms. The highest BCUT2D eigenvalue weighted by Gasteiger charge is 2.27. The zero-order chi connectivity index (χ0) is 23.8. The van der Waals surface area contributed by atoms with Crippen molar-refractivity contribution in [3.05, 3.63) is 92.8 Å². The van der Waals surface area contributed by atoms with Crippen LogP contribution >= 0.6 is 23.4 Å². The highest BCUT2D eigenvalue weighted by Crippen LogP contribution is 2.43. The smallest absolute Gasteiger partial charge is 0.227 e. The summed E-state index contributed by atoms with van der Waals surface area (Å²) in [6, 6.07) is 14.0.